The lowest BCUT2D eigenvalue weighted by Crippen LogP contribution is -2.30. The SMILES string of the molecule is O=Cc1ccc(CN2C(=O)c3ccccc3C2=O)c(C(F)(F)F)c1. The normalized spacial score (nSPS) is 14.0. The van der Waals surface area contributed by atoms with E-state index in [9.17, 15) is 27.6 Å². The van der Waals surface area contributed by atoms with Crippen LogP contribution in [0.15, 0.2) is 42.5 Å². The number of hydrogen-bond donors (Lipinski definition) is 0. The number of carbonyl (C=O) groups excluding carboxylic acids is 3. The summed E-state index contributed by atoms with van der Waals surface area (Å²) in [4.78, 5) is 36.0. The van der Waals surface area contributed by atoms with Gasteiger partial charge >= 0.3 is 6.18 Å². The lowest BCUT2D eigenvalue weighted by molar-refractivity contribution is -0.138. The van der Waals surface area contributed by atoms with Crippen molar-refractivity contribution in [3.63, 3.8) is 0 Å². The fraction of sp³-hybridized carbons (Fsp3) is 0.118. The van der Waals surface area contributed by atoms with Crippen molar-refractivity contribution in [3.05, 3.63) is 70.3 Å². The Morgan fingerprint density at radius 2 is 1.54 bits per heavy atom. The molecule has 0 radical (unpaired) electrons. The lowest BCUT2D eigenvalue weighted by atomic mass is 10.0. The molecule has 122 valence electrons. The molecule has 2 aromatic carbocycles. The van der Waals surface area contributed by atoms with Gasteiger partial charge in [0.15, 0.2) is 0 Å². The fourth-order valence-corrected chi connectivity index (χ4v) is 2.62. The van der Waals surface area contributed by atoms with Crippen molar-refractivity contribution < 1.29 is 27.6 Å². The van der Waals surface area contributed by atoms with Crippen LogP contribution in [0.3, 0.4) is 0 Å². The number of rotatable bonds is 3. The molecule has 0 N–H and O–H groups in total. The van der Waals surface area contributed by atoms with E-state index in [1.165, 1.54) is 18.2 Å². The van der Waals surface area contributed by atoms with Crippen LogP contribution < -0.4 is 0 Å². The third-order valence-corrected chi connectivity index (χ3v) is 3.78. The van der Waals surface area contributed by atoms with Crippen LogP contribution in [-0.2, 0) is 12.7 Å². The van der Waals surface area contributed by atoms with Gasteiger partial charge in [0.05, 0.1) is 23.2 Å². The molecular formula is C17H10F3NO3. The Bertz CT molecular complexity index is 823. The Balaban J connectivity index is 2.00. The maximum Gasteiger partial charge on any atom is 0.416 e. The molecule has 0 aliphatic carbocycles. The number of carbonyl (C=O) groups is 3. The van der Waals surface area contributed by atoms with Gasteiger partial charge in [-0.2, -0.15) is 13.2 Å². The molecule has 0 unspecified atom stereocenters. The van der Waals surface area contributed by atoms with Gasteiger partial charge in [0.1, 0.15) is 6.29 Å². The second-order valence-electron chi connectivity index (χ2n) is 5.27. The molecular weight excluding hydrogens is 323 g/mol. The van der Waals surface area contributed by atoms with Crippen LogP contribution >= 0.6 is 0 Å². The van der Waals surface area contributed by atoms with Gasteiger partial charge in [0.25, 0.3) is 11.8 Å². The van der Waals surface area contributed by atoms with Crippen LogP contribution in [0.5, 0.6) is 0 Å². The third-order valence-electron chi connectivity index (χ3n) is 3.78. The summed E-state index contributed by atoms with van der Waals surface area (Å²) in [5.74, 6) is -1.27. The number of halogens is 3. The molecule has 2 amide bonds. The van der Waals surface area contributed by atoms with Gasteiger partial charge in [-0.25, -0.2) is 0 Å². The summed E-state index contributed by atoms with van der Waals surface area (Å²) in [5, 5.41) is 0. The summed E-state index contributed by atoms with van der Waals surface area (Å²) in [6.07, 6.45) is -4.39. The van der Waals surface area contributed by atoms with Crippen molar-refractivity contribution in [1.29, 1.82) is 0 Å². The summed E-state index contributed by atoms with van der Waals surface area (Å²) < 4.78 is 39.6. The predicted molar refractivity (Wildman–Crippen MR) is 77.5 cm³/mol. The number of benzene rings is 2. The molecule has 0 saturated carbocycles. The zero-order valence-electron chi connectivity index (χ0n) is 12.1. The molecule has 2 aromatic rings. The van der Waals surface area contributed by atoms with Crippen molar-refractivity contribution >= 4 is 18.1 Å². The zero-order chi connectivity index (χ0) is 17.5. The maximum absolute atomic E-state index is 13.2. The van der Waals surface area contributed by atoms with E-state index >= 15 is 0 Å². The molecule has 3 rings (SSSR count). The number of alkyl halides is 3. The molecule has 0 spiro atoms. The van der Waals surface area contributed by atoms with E-state index < -0.39 is 30.1 Å². The monoisotopic (exact) mass is 333 g/mol. The highest BCUT2D eigenvalue weighted by atomic mass is 19.4. The first-order valence-electron chi connectivity index (χ1n) is 6.93. The summed E-state index contributed by atoms with van der Waals surface area (Å²) in [6.45, 7) is -0.514. The van der Waals surface area contributed by atoms with E-state index in [1.54, 1.807) is 12.1 Å². The van der Waals surface area contributed by atoms with Crippen LogP contribution in [-0.4, -0.2) is 23.0 Å². The Labute approximate surface area is 134 Å². The number of hydrogen-bond acceptors (Lipinski definition) is 3. The van der Waals surface area contributed by atoms with Crippen molar-refractivity contribution in [1.82, 2.24) is 4.90 Å². The zero-order valence-corrected chi connectivity index (χ0v) is 12.1. The van der Waals surface area contributed by atoms with Crippen LogP contribution in [0.2, 0.25) is 0 Å². The average molecular weight is 333 g/mol. The van der Waals surface area contributed by atoms with Crippen molar-refractivity contribution in [2.24, 2.45) is 0 Å². The quantitative estimate of drug-likeness (QED) is 0.640. The topological polar surface area (TPSA) is 54.5 Å². The first-order chi connectivity index (χ1) is 11.3. The van der Waals surface area contributed by atoms with Gasteiger partial charge in [-0.3, -0.25) is 19.3 Å². The largest absolute Gasteiger partial charge is 0.416 e. The molecule has 0 atom stereocenters. The lowest BCUT2D eigenvalue weighted by Gasteiger charge is -2.18. The van der Waals surface area contributed by atoms with E-state index in [0.717, 1.165) is 11.0 Å². The molecule has 24 heavy (non-hydrogen) atoms. The Kier molecular flexibility index (Phi) is 3.71. The Morgan fingerprint density at radius 1 is 0.958 bits per heavy atom. The molecule has 1 heterocycles. The fourth-order valence-electron chi connectivity index (χ4n) is 2.62. The van der Waals surface area contributed by atoms with Crippen molar-refractivity contribution in [3.8, 4) is 0 Å². The van der Waals surface area contributed by atoms with E-state index in [2.05, 4.69) is 0 Å². The first kappa shape index (κ1) is 15.9. The highest BCUT2D eigenvalue weighted by Crippen LogP contribution is 2.34. The molecule has 0 bridgehead atoms. The van der Waals surface area contributed by atoms with Gasteiger partial charge in [0, 0.05) is 5.56 Å². The Morgan fingerprint density at radius 3 is 2.04 bits per heavy atom. The van der Waals surface area contributed by atoms with Crippen LogP contribution in [0, 0.1) is 0 Å². The number of aldehydes is 1. The summed E-state index contributed by atoms with van der Waals surface area (Å²) in [5.41, 5.74) is -1.08. The second kappa shape index (κ2) is 5.59. The van der Waals surface area contributed by atoms with Gasteiger partial charge < -0.3 is 0 Å². The molecule has 0 saturated heterocycles. The van der Waals surface area contributed by atoms with E-state index in [0.29, 0.717) is 12.4 Å². The number of fused-ring (bicyclic) bond motifs is 1. The van der Waals surface area contributed by atoms with Crippen LogP contribution in [0.25, 0.3) is 0 Å². The minimum Gasteiger partial charge on any atom is -0.298 e. The molecule has 0 aromatic heterocycles. The van der Waals surface area contributed by atoms with Crippen molar-refractivity contribution in [2.75, 3.05) is 0 Å². The molecule has 1 aliphatic rings. The maximum atomic E-state index is 13.2. The minimum absolute atomic E-state index is 0.131. The third kappa shape index (κ3) is 2.58. The number of nitrogens with zero attached hydrogens (tertiary/aromatic N) is 1. The Hall–Kier alpha value is -2.96. The first-order valence-corrected chi connectivity index (χ1v) is 6.93. The second-order valence-corrected chi connectivity index (χ2v) is 5.27. The van der Waals surface area contributed by atoms with Crippen LogP contribution in [0.4, 0.5) is 13.2 Å². The molecule has 1 aliphatic heterocycles. The van der Waals surface area contributed by atoms with Crippen LogP contribution in [0.1, 0.15) is 42.2 Å². The van der Waals surface area contributed by atoms with E-state index in [1.807, 2.05) is 0 Å². The average Bonchev–Trinajstić information content (AvgIpc) is 2.80. The van der Waals surface area contributed by atoms with Gasteiger partial charge in [-0.15, -0.1) is 0 Å². The summed E-state index contributed by atoms with van der Waals surface area (Å²) in [6, 6.07) is 9.10. The highest BCUT2D eigenvalue weighted by Gasteiger charge is 2.38. The number of amides is 2. The standard InChI is InChI=1S/C17H10F3NO3/c18-17(19,20)14-7-10(9-22)5-6-11(14)8-21-15(23)12-3-1-2-4-13(12)16(21)24/h1-7,9H,8H2. The highest BCUT2D eigenvalue weighted by molar-refractivity contribution is 6.21. The predicted octanol–water partition coefficient (Wildman–Crippen LogP) is 3.31. The molecule has 4 nitrogen and oxygen atoms in total. The minimum atomic E-state index is -4.70. The summed E-state index contributed by atoms with van der Waals surface area (Å²) in [7, 11) is 0. The molecule has 7 heteroatoms. The van der Waals surface area contributed by atoms with Gasteiger partial charge in [-0.1, -0.05) is 24.3 Å². The van der Waals surface area contributed by atoms with Gasteiger partial charge in [-0.05, 0) is 23.8 Å². The van der Waals surface area contributed by atoms with Crippen molar-refractivity contribution in [2.45, 2.75) is 12.7 Å². The number of imide groups is 1. The smallest absolute Gasteiger partial charge is 0.298 e. The summed E-state index contributed by atoms with van der Waals surface area (Å²) >= 11 is 0. The van der Waals surface area contributed by atoms with Gasteiger partial charge in [0.2, 0.25) is 0 Å². The molecule has 0 fully saturated rings. The van der Waals surface area contributed by atoms with E-state index in [-0.39, 0.29) is 22.3 Å². The van der Waals surface area contributed by atoms with E-state index in [4.69, 9.17) is 0 Å².